The lowest BCUT2D eigenvalue weighted by molar-refractivity contribution is 0.180. The van der Waals surface area contributed by atoms with Gasteiger partial charge in [0, 0.05) is 6.54 Å². The molecule has 0 aliphatic carbocycles. The molecule has 6 heteroatoms. The third-order valence-electron chi connectivity index (χ3n) is 3.32. The second kappa shape index (κ2) is 5.77. The fourth-order valence-electron chi connectivity index (χ4n) is 2.29. The molecule has 2 unspecified atom stereocenters. The lowest BCUT2D eigenvalue weighted by Gasteiger charge is -2.24. The zero-order chi connectivity index (χ0) is 13.1. The van der Waals surface area contributed by atoms with E-state index < -0.39 is 6.10 Å². The molecule has 2 heterocycles. The number of aromatic nitrogens is 2. The molecule has 102 valence electrons. The molecule has 0 radical (unpaired) electrons. The van der Waals surface area contributed by atoms with Crippen molar-refractivity contribution in [3.05, 3.63) is 11.7 Å². The van der Waals surface area contributed by atoms with E-state index in [4.69, 9.17) is 4.52 Å². The van der Waals surface area contributed by atoms with Crippen molar-refractivity contribution in [2.45, 2.75) is 31.9 Å². The maximum absolute atomic E-state index is 9.32. The summed E-state index contributed by atoms with van der Waals surface area (Å²) in [6, 6.07) is 0.170. The monoisotopic (exact) mass is 254 g/mol. The molecule has 6 nitrogen and oxygen atoms in total. The van der Waals surface area contributed by atoms with Crippen molar-refractivity contribution in [1.29, 1.82) is 0 Å². The van der Waals surface area contributed by atoms with Crippen LogP contribution in [0.15, 0.2) is 4.52 Å². The zero-order valence-electron chi connectivity index (χ0n) is 11.3. The first-order valence-corrected chi connectivity index (χ1v) is 6.45. The van der Waals surface area contributed by atoms with E-state index in [-0.39, 0.29) is 6.04 Å². The van der Waals surface area contributed by atoms with Crippen LogP contribution in [0.1, 0.15) is 31.1 Å². The Morgan fingerprint density at radius 3 is 2.94 bits per heavy atom. The number of hydrogen-bond acceptors (Lipinski definition) is 6. The Hall–Kier alpha value is -0.980. The van der Waals surface area contributed by atoms with E-state index in [0.29, 0.717) is 12.3 Å². The molecule has 0 saturated carbocycles. The highest BCUT2D eigenvalue weighted by atomic mass is 16.5. The average molecular weight is 254 g/mol. The van der Waals surface area contributed by atoms with Gasteiger partial charge in [0.25, 0.3) is 0 Å². The van der Waals surface area contributed by atoms with Crippen LogP contribution in [-0.4, -0.2) is 64.9 Å². The Morgan fingerprint density at radius 1 is 1.44 bits per heavy atom. The second-order valence-corrected chi connectivity index (χ2v) is 5.21. The maximum atomic E-state index is 9.32. The summed E-state index contributed by atoms with van der Waals surface area (Å²) in [5.41, 5.74) is 0. The summed E-state index contributed by atoms with van der Waals surface area (Å²) in [4.78, 5) is 8.95. The predicted octanol–water partition coefficient (Wildman–Crippen LogP) is 0.301. The Balaban J connectivity index is 2.10. The molecule has 0 bridgehead atoms. The fourth-order valence-corrected chi connectivity index (χ4v) is 2.29. The minimum atomic E-state index is -0.451. The number of aliphatic hydroxyl groups is 1. The number of hydrogen-bond donors (Lipinski definition) is 1. The smallest absolute Gasteiger partial charge is 0.229 e. The van der Waals surface area contributed by atoms with Crippen LogP contribution in [-0.2, 0) is 6.42 Å². The number of rotatable bonds is 3. The SMILES string of the molecule is CC(O)Cc1nc(C2CN(C)CCCN2C)no1. The number of nitrogens with zero attached hydrogens (tertiary/aromatic N) is 4. The summed E-state index contributed by atoms with van der Waals surface area (Å²) in [7, 11) is 4.21. The van der Waals surface area contributed by atoms with Crippen LogP contribution in [0.5, 0.6) is 0 Å². The van der Waals surface area contributed by atoms with Crippen molar-refractivity contribution >= 4 is 0 Å². The van der Waals surface area contributed by atoms with Crippen LogP contribution in [0, 0.1) is 0 Å². The lowest BCUT2D eigenvalue weighted by Crippen LogP contribution is -2.31. The van der Waals surface area contributed by atoms with Crippen molar-refractivity contribution in [1.82, 2.24) is 19.9 Å². The van der Waals surface area contributed by atoms with E-state index in [1.54, 1.807) is 6.92 Å². The Bertz CT molecular complexity index is 380. The van der Waals surface area contributed by atoms with Gasteiger partial charge in [-0.25, -0.2) is 0 Å². The van der Waals surface area contributed by atoms with Gasteiger partial charge >= 0.3 is 0 Å². The Kier molecular flexibility index (Phi) is 4.31. The summed E-state index contributed by atoms with van der Waals surface area (Å²) in [6.45, 7) is 4.76. The van der Waals surface area contributed by atoms with Crippen LogP contribution in [0.3, 0.4) is 0 Å². The number of likely N-dealkylation sites (N-methyl/N-ethyl adjacent to an activating group) is 2. The first kappa shape index (κ1) is 13.5. The average Bonchev–Trinajstić information content (AvgIpc) is 2.65. The molecule has 1 aliphatic rings. The van der Waals surface area contributed by atoms with E-state index >= 15 is 0 Å². The fraction of sp³-hybridized carbons (Fsp3) is 0.833. The van der Waals surface area contributed by atoms with Gasteiger partial charge < -0.3 is 14.5 Å². The third kappa shape index (κ3) is 3.28. The van der Waals surface area contributed by atoms with Gasteiger partial charge in [0.05, 0.1) is 18.6 Å². The lowest BCUT2D eigenvalue weighted by atomic mass is 10.2. The molecule has 1 aromatic rings. The molecule has 1 aliphatic heterocycles. The van der Waals surface area contributed by atoms with E-state index in [1.807, 2.05) is 0 Å². The van der Waals surface area contributed by atoms with E-state index in [9.17, 15) is 5.11 Å². The summed E-state index contributed by atoms with van der Waals surface area (Å²) in [6.07, 6.45) is 1.12. The van der Waals surface area contributed by atoms with Gasteiger partial charge in [-0.3, -0.25) is 4.90 Å². The predicted molar refractivity (Wildman–Crippen MR) is 67.2 cm³/mol. The van der Waals surface area contributed by atoms with Crippen molar-refractivity contribution in [3.8, 4) is 0 Å². The normalized spacial score (nSPS) is 25.0. The van der Waals surface area contributed by atoms with Crippen LogP contribution >= 0.6 is 0 Å². The van der Waals surface area contributed by atoms with Crippen molar-refractivity contribution in [2.75, 3.05) is 33.7 Å². The Morgan fingerprint density at radius 2 is 2.22 bits per heavy atom. The summed E-state index contributed by atoms with van der Waals surface area (Å²) >= 11 is 0. The largest absolute Gasteiger partial charge is 0.393 e. The van der Waals surface area contributed by atoms with Gasteiger partial charge in [0.15, 0.2) is 5.82 Å². The molecule has 2 atom stereocenters. The molecule has 1 N–H and O–H groups in total. The van der Waals surface area contributed by atoms with E-state index in [0.717, 1.165) is 31.9 Å². The maximum Gasteiger partial charge on any atom is 0.229 e. The van der Waals surface area contributed by atoms with Gasteiger partial charge in [0.1, 0.15) is 0 Å². The summed E-state index contributed by atoms with van der Waals surface area (Å²) in [5.74, 6) is 1.24. The molecule has 0 spiro atoms. The van der Waals surface area contributed by atoms with Crippen LogP contribution in [0.4, 0.5) is 0 Å². The van der Waals surface area contributed by atoms with Crippen LogP contribution in [0.2, 0.25) is 0 Å². The molecule has 0 aromatic carbocycles. The molecule has 1 aromatic heterocycles. The van der Waals surface area contributed by atoms with Crippen molar-refractivity contribution in [2.24, 2.45) is 0 Å². The molecule has 1 fully saturated rings. The Labute approximate surface area is 108 Å². The highest BCUT2D eigenvalue weighted by Gasteiger charge is 2.26. The van der Waals surface area contributed by atoms with Crippen LogP contribution < -0.4 is 0 Å². The van der Waals surface area contributed by atoms with E-state index in [1.165, 1.54) is 0 Å². The van der Waals surface area contributed by atoms with Crippen LogP contribution in [0.25, 0.3) is 0 Å². The topological polar surface area (TPSA) is 65.6 Å². The van der Waals surface area contributed by atoms with Crippen molar-refractivity contribution in [3.63, 3.8) is 0 Å². The molecule has 2 rings (SSSR count). The highest BCUT2D eigenvalue weighted by molar-refractivity contribution is 4.97. The van der Waals surface area contributed by atoms with Gasteiger partial charge in [0.2, 0.25) is 5.89 Å². The van der Waals surface area contributed by atoms with E-state index in [2.05, 4.69) is 34.0 Å². The van der Waals surface area contributed by atoms with Crippen molar-refractivity contribution < 1.29 is 9.63 Å². The molecule has 18 heavy (non-hydrogen) atoms. The van der Waals surface area contributed by atoms with Gasteiger partial charge in [-0.1, -0.05) is 5.16 Å². The van der Waals surface area contributed by atoms with Gasteiger partial charge in [-0.05, 0) is 40.5 Å². The molecular formula is C12H22N4O2. The minimum Gasteiger partial charge on any atom is -0.393 e. The van der Waals surface area contributed by atoms with Gasteiger partial charge in [-0.2, -0.15) is 4.98 Å². The third-order valence-corrected chi connectivity index (χ3v) is 3.32. The molecule has 1 saturated heterocycles. The molecule has 0 amide bonds. The zero-order valence-corrected chi connectivity index (χ0v) is 11.3. The quantitative estimate of drug-likeness (QED) is 0.837. The molecular weight excluding hydrogens is 232 g/mol. The number of aliphatic hydroxyl groups excluding tert-OH is 1. The van der Waals surface area contributed by atoms with Gasteiger partial charge in [-0.15, -0.1) is 0 Å². The minimum absolute atomic E-state index is 0.170. The summed E-state index contributed by atoms with van der Waals surface area (Å²) in [5, 5.41) is 13.4. The summed E-state index contributed by atoms with van der Waals surface area (Å²) < 4.78 is 5.19. The standard InChI is InChI=1S/C12H22N4O2/c1-9(17)7-11-13-12(14-18-11)10-8-15(2)5-4-6-16(10)3/h9-10,17H,4-8H2,1-3H3. The second-order valence-electron chi connectivity index (χ2n) is 5.21. The highest BCUT2D eigenvalue weighted by Crippen LogP contribution is 2.20. The first-order chi connectivity index (χ1) is 8.56. The first-order valence-electron chi connectivity index (χ1n) is 6.45.